The fraction of sp³-hybridized carbons (Fsp3) is 0.250. The van der Waals surface area contributed by atoms with Crippen molar-refractivity contribution in [3.05, 3.63) is 47.3 Å². The first-order valence-electron chi connectivity index (χ1n) is 5.98. The SMILES string of the molecule is O=S(=O)(c1cnc(Cl)nc1)N1CCc2ncccc2C1. The van der Waals surface area contributed by atoms with Crippen LogP contribution in [-0.2, 0) is 23.0 Å². The Kier molecular flexibility index (Phi) is 3.41. The van der Waals surface area contributed by atoms with Crippen LogP contribution in [0.5, 0.6) is 0 Å². The summed E-state index contributed by atoms with van der Waals surface area (Å²) in [5, 5.41) is 0.0251. The lowest BCUT2D eigenvalue weighted by molar-refractivity contribution is 0.387. The number of aromatic nitrogens is 3. The third kappa shape index (κ3) is 2.39. The lowest BCUT2D eigenvalue weighted by atomic mass is 10.1. The van der Waals surface area contributed by atoms with Gasteiger partial charge in [-0.1, -0.05) is 6.07 Å². The molecule has 2 aromatic heterocycles. The Morgan fingerprint density at radius 3 is 2.70 bits per heavy atom. The van der Waals surface area contributed by atoms with Crippen molar-refractivity contribution >= 4 is 21.6 Å². The van der Waals surface area contributed by atoms with E-state index in [0.29, 0.717) is 19.5 Å². The minimum Gasteiger partial charge on any atom is -0.261 e. The molecule has 0 unspecified atom stereocenters. The fourth-order valence-electron chi connectivity index (χ4n) is 2.13. The van der Waals surface area contributed by atoms with Gasteiger partial charge in [0.1, 0.15) is 4.90 Å². The molecule has 0 aromatic carbocycles. The number of halogens is 1. The van der Waals surface area contributed by atoms with Gasteiger partial charge in [0.05, 0.1) is 12.4 Å². The van der Waals surface area contributed by atoms with Gasteiger partial charge in [0, 0.05) is 31.4 Å². The fourth-order valence-corrected chi connectivity index (χ4v) is 3.54. The molecule has 0 radical (unpaired) electrons. The summed E-state index contributed by atoms with van der Waals surface area (Å²) in [6.45, 7) is 0.711. The Bertz CT molecular complexity index is 733. The molecule has 0 amide bonds. The molecular formula is C12H11ClN4O2S. The van der Waals surface area contributed by atoms with E-state index < -0.39 is 10.0 Å². The highest BCUT2D eigenvalue weighted by atomic mass is 35.5. The smallest absolute Gasteiger partial charge is 0.246 e. The number of rotatable bonds is 2. The second kappa shape index (κ2) is 5.08. The Hall–Kier alpha value is -1.57. The summed E-state index contributed by atoms with van der Waals surface area (Å²) >= 11 is 5.58. The molecule has 8 heteroatoms. The van der Waals surface area contributed by atoms with E-state index in [9.17, 15) is 8.42 Å². The van der Waals surface area contributed by atoms with Crippen molar-refractivity contribution in [2.24, 2.45) is 0 Å². The summed E-state index contributed by atoms with van der Waals surface area (Å²) in [6.07, 6.45) is 4.77. The molecule has 3 heterocycles. The Labute approximate surface area is 121 Å². The van der Waals surface area contributed by atoms with Gasteiger partial charge in [-0.3, -0.25) is 4.98 Å². The number of sulfonamides is 1. The summed E-state index contributed by atoms with van der Waals surface area (Å²) in [6, 6.07) is 3.70. The average molecular weight is 311 g/mol. The highest BCUT2D eigenvalue weighted by Crippen LogP contribution is 2.23. The molecule has 0 saturated carbocycles. The van der Waals surface area contributed by atoms with Crippen molar-refractivity contribution in [2.45, 2.75) is 17.9 Å². The second-order valence-electron chi connectivity index (χ2n) is 4.39. The lowest BCUT2D eigenvalue weighted by Crippen LogP contribution is -2.36. The van der Waals surface area contributed by atoms with Crippen LogP contribution in [0.2, 0.25) is 5.28 Å². The second-order valence-corrected chi connectivity index (χ2v) is 6.66. The van der Waals surface area contributed by atoms with Gasteiger partial charge in [0.2, 0.25) is 15.3 Å². The Morgan fingerprint density at radius 2 is 1.95 bits per heavy atom. The van der Waals surface area contributed by atoms with Gasteiger partial charge < -0.3 is 0 Å². The highest BCUT2D eigenvalue weighted by Gasteiger charge is 2.29. The molecule has 1 aliphatic heterocycles. The van der Waals surface area contributed by atoms with E-state index in [1.807, 2.05) is 6.07 Å². The van der Waals surface area contributed by atoms with E-state index in [1.54, 1.807) is 12.3 Å². The van der Waals surface area contributed by atoms with Crippen molar-refractivity contribution in [3.8, 4) is 0 Å². The molecule has 0 saturated heterocycles. The maximum Gasteiger partial charge on any atom is 0.246 e. The lowest BCUT2D eigenvalue weighted by Gasteiger charge is -2.27. The molecule has 20 heavy (non-hydrogen) atoms. The third-order valence-electron chi connectivity index (χ3n) is 3.16. The van der Waals surface area contributed by atoms with Crippen LogP contribution in [0.4, 0.5) is 0 Å². The van der Waals surface area contributed by atoms with Crippen LogP contribution in [-0.4, -0.2) is 34.2 Å². The standard InChI is InChI=1S/C12H11ClN4O2S/c13-12-15-6-10(7-16-12)20(18,19)17-5-3-11-9(8-17)2-1-4-14-11/h1-2,4,6-7H,3,5,8H2. The van der Waals surface area contributed by atoms with Crippen LogP contribution in [0.3, 0.4) is 0 Å². The van der Waals surface area contributed by atoms with Gasteiger partial charge in [-0.05, 0) is 23.2 Å². The van der Waals surface area contributed by atoms with E-state index in [0.717, 1.165) is 11.3 Å². The van der Waals surface area contributed by atoms with Crippen LogP contribution in [0.1, 0.15) is 11.3 Å². The molecule has 6 nitrogen and oxygen atoms in total. The summed E-state index contributed by atoms with van der Waals surface area (Å²) in [5.74, 6) is 0. The molecule has 0 aliphatic carbocycles. The summed E-state index contributed by atoms with van der Waals surface area (Å²) in [4.78, 5) is 11.7. The first-order chi connectivity index (χ1) is 9.57. The van der Waals surface area contributed by atoms with Crippen molar-refractivity contribution in [3.63, 3.8) is 0 Å². The molecule has 0 bridgehead atoms. The van der Waals surface area contributed by atoms with Crippen molar-refractivity contribution in [1.82, 2.24) is 19.3 Å². The topological polar surface area (TPSA) is 76.1 Å². The van der Waals surface area contributed by atoms with Gasteiger partial charge in [-0.25, -0.2) is 18.4 Å². The van der Waals surface area contributed by atoms with Gasteiger partial charge in [0.25, 0.3) is 0 Å². The average Bonchev–Trinajstić information content (AvgIpc) is 2.47. The number of hydrogen-bond acceptors (Lipinski definition) is 5. The predicted octanol–water partition coefficient (Wildman–Crippen LogP) is 1.27. The summed E-state index contributed by atoms with van der Waals surface area (Å²) in [5.41, 5.74) is 1.88. The number of nitrogens with zero attached hydrogens (tertiary/aromatic N) is 4. The third-order valence-corrected chi connectivity index (χ3v) is 5.16. The molecule has 0 atom stereocenters. The molecular weight excluding hydrogens is 300 g/mol. The van der Waals surface area contributed by atoms with E-state index in [4.69, 9.17) is 11.6 Å². The minimum atomic E-state index is -3.60. The zero-order valence-electron chi connectivity index (χ0n) is 10.4. The van der Waals surface area contributed by atoms with Crippen LogP contribution in [0.25, 0.3) is 0 Å². The van der Waals surface area contributed by atoms with E-state index in [1.165, 1.54) is 16.7 Å². The van der Waals surface area contributed by atoms with Crippen LogP contribution in [0, 0.1) is 0 Å². The van der Waals surface area contributed by atoms with Gasteiger partial charge in [-0.15, -0.1) is 0 Å². The summed E-state index contributed by atoms with van der Waals surface area (Å²) in [7, 11) is -3.60. The highest BCUT2D eigenvalue weighted by molar-refractivity contribution is 7.89. The van der Waals surface area contributed by atoms with Crippen LogP contribution >= 0.6 is 11.6 Å². The van der Waals surface area contributed by atoms with Gasteiger partial charge in [-0.2, -0.15) is 4.31 Å². The molecule has 3 rings (SSSR count). The Morgan fingerprint density at radius 1 is 1.20 bits per heavy atom. The molecule has 2 aromatic rings. The predicted molar refractivity (Wildman–Crippen MR) is 72.6 cm³/mol. The number of hydrogen-bond donors (Lipinski definition) is 0. The molecule has 0 spiro atoms. The van der Waals surface area contributed by atoms with Gasteiger partial charge >= 0.3 is 0 Å². The number of fused-ring (bicyclic) bond motifs is 1. The van der Waals surface area contributed by atoms with E-state index in [2.05, 4.69) is 15.0 Å². The number of pyridine rings is 1. The molecule has 0 fully saturated rings. The van der Waals surface area contributed by atoms with Crippen LogP contribution < -0.4 is 0 Å². The first-order valence-corrected chi connectivity index (χ1v) is 7.79. The first kappa shape index (κ1) is 13.4. The van der Waals surface area contributed by atoms with Crippen molar-refractivity contribution in [2.75, 3.05) is 6.54 Å². The Balaban J connectivity index is 1.92. The van der Waals surface area contributed by atoms with Crippen molar-refractivity contribution in [1.29, 1.82) is 0 Å². The molecule has 104 valence electrons. The zero-order chi connectivity index (χ0) is 14.2. The largest absolute Gasteiger partial charge is 0.261 e. The van der Waals surface area contributed by atoms with Gasteiger partial charge in [0.15, 0.2) is 0 Å². The van der Waals surface area contributed by atoms with Crippen molar-refractivity contribution < 1.29 is 8.42 Å². The van der Waals surface area contributed by atoms with E-state index >= 15 is 0 Å². The van der Waals surface area contributed by atoms with E-state index in [-0.39, 0.29) is 10.2 Å². The quantitative estimate of drug-likeness (QED) is 0.781. The summed E-state index contributed by atoms with van der Waals surface area (Å²) < 4.78 is 26.4. The normalized spacial score (nSPS) is 15.8. The zero-order valence-corrected chi connectivity index (χ0v) is 12.0. The maximum absolute atomic E-state index is 12.5. The minimum absolute atomic E-state index is 0.0251. The maximum atomic E-state index is 12.5. The molecule has 0 N–H and O–H groups in total. The monoisotopic (exact) mass is 310 g/mol. The van der Waals surface area contributed by atoms with Crippen LogP contribution in [0.15, 0.2) is 35.6 Å². The molecule has 1 aliphatic rings.